The third-order valence-corrected chi connectivity index (χ3v) is 3.35. The predicted molar refractivity (Wildman–Crippen MR) is 79.1 cm³/mol. The quantitative estimate of drug-likeness (QED) is 0.803. The number of benzene rings is 1. The van der Waals surface area contributed by atoms with Gasteiger partial charge in [-0.3, -0.25) is 4.79 Å². The Bertz CT molecular complexity index is 455. The van der Waals surface area contributed by atoms with Crippen molar-refractivity contribution in [1.29, 1.82) is 0 Å². The second kappa shape index (κ2) is 6.06. The van der Waals surface area contributed by atoms with Gasteiger partial charge in [-0.2, -0.15) is 0 Å². The molecule has 1 amide bonds. The van der Waals surface area contributed by atoms with E-state index in [-0.39, 0.29) is 11.5 Å². The van der Waals surface area contributed by atoms with E-state index in [1.807, 2.05) is 45.9 Å². The van der Waals surface area contributed by atoms with Crippen LogP contribution in [0.15, 0.2) is 18.2 Å². The number of nitrogens with one attached hydrogen (secondary N) is 1. The number of hydrogen-bond donors (Lipinski definition) is 2. The summed E-state index contributed by atoms with van der Waals surface area (Å²) < 4.78 is 5.75. The van der Waals surface area contributed by atoms with Crippen LogP contribution in [-0.4, -0.2) is 17.6 Å². The summed E-state index contributed by atoms with van der Waals surface area (Å²) in [5.74, 6) is -0.157. The molecule has 0 aromatic heterocycles. The number of hydrogen-bond acceptors (Lipinski definition) is 3. The van der Waals surface area contributed by atoms with Crippen molar-refractivity contribution in [2.75, 3.05) is 11.1 Å². The molecule has 1 aromatic rings. The van der Waals surface area contributed by atoms with Crippen molar-refractivity contribution in [1.82, 2.24) is 0 Å². The minimum Gasteiger partial charge on any atom is -0.398 e. The number of carbonyl (C=O) groups excluding carboxylic acids is 1. The first kappa shape index (κ1) is 15.5. The number of rotatable bonds is 5. The monoisotopic (exact) mass is 264 g/mol. The van der Waals surface area contributed by atoms with Gasteiger partial charge >= 0.3 is 0 Å². The van der Waals surface area contributed by atoms with E-state index in [0.29, 0.717) is 5.69 Å². The Morgan fingerprint density at radius 1 is 1.47 bits per heavy atom. The molecule has 4 heteroatoms. The van der Waals surface area contributed by atoms with E-state index in [2.05, 4.69) is 5.32 Å². The zero-order valence-corrected chi connectivity index (χ0v) is 12.4. The summed E-state index contributed by atoms with van der Waals surface area (Å²) in [6.07, 6.45) is 0.345. The first-order chi connectivity index (χ1) is 8.76. The van der Waals surface area contributed by atoms with Crippen LogP contribution >= 0.6 is 0 Å². The average Bonchev–Trinajstić information content (AvgIpc) is 2.34. The van der Waals surface area contributed by atoms with Crippen molar-refractivity contribution < 1.29 is 9.53 Å². The van der Waals surface area contributed by atoms with Gasteiger partial charge in [0.25, 0.3) is 5.91 Å². The standard InChI is InChI=1S/C15H24N2O2/c1-6-15(4,5)19-11(3)14(18)17-13-9-7-8-12(16)10(13)2/h7-9,11H,6,16H2,1-5H3,(H,17,18). The largest absolute Gasteiger partial charge is 0.398 e. The molecule has 4 nitrogen and oxygen atoms in total. The summed E-state index contributed by atoms with van der Waals surface area (Å²) in [4.78, 5) is 12.1. The predicted octanol–water partition coefficient (Wildman–Crippen LogP) is 3.11. The van der Waals surface area contributed by atoms with Gasteiger partial charge in [0.15, 0.2) is 0 Å². The maximum Gasteiger partial charge on any atom is 0.253 e. The molecular weight excluding hydrogens is 240 g/mol. The van der Waals surface area contributed by atoms with Gasteiger partial charge in [-0.05, 0) is 51.8 Å². The smallest absolute Gasteiger partial charge is 0.253 e. The van der Waals surface area contributed by atoms with Gasteiger partial charge in [-0.1, -0.05) is 13.0 Å². The lowest BCUT2D eigenvalue weighted by molar-refractivity contribution is -0.137. The number of nitrogens with two attached hydrogens (primary N) is 1. The molecular formula is C15H24N2O2. The molecule has 0 saturated carbocycles. The Morgan fingerprint density at radius 2 is 2.11 bits per heavy atom. The highest BCUT2D eigenvalue weighted by atomic mass is 16.5. The second-order valence-electron chi connectivity index (χ2n) is 5.38. The zero-order valence-electron chi connectivity index (χ0n) is 12.4. The fourth-order valence-electron chi connectivity index (χ4n) is 1.64. The zero-order chi connectivity index (χ0) is 14.6. The van der Waals surface area contributed by atoms with Crippen molar-refractivity contribution in [3.05, 3.63) is 23.8 Å². The highest BCUT2D eigenvalue weighted by Gasteiger charge is 2.24. The SMILES string of the molecule is CCC(C)(C)OC(C)C(=O)Nc1cccc(N)c1C. The molecule has 3 N–H and O–H groups in total. The molecule has 0 radical (unpaired) electrons. The van der Waals surface area contributed by atoms with Gasteiger partial charge in [-0.15, -0.1) is 0 Å². The molecule has 1 rings (SSSR count). The molecule has 0 fully saturated rings. The number of ether oxygens (including phenoxy) is 1. The van der Waals surface area contributed by atoms with E-state index in [4.69, 9.17) is 10.5 Å². The average molecular weight is 264 g/mol. The number of carbonyl (C=O) groups is 1. The maximum atomic E-state index is 12.1. The third kappa shape index (κ3) is 4.24. The number of anilines is 2. The second-order valence-corrected chi connectivity index (χ2v) is 5.38. The van der Waals surface area contributed by atoms with Gasteiger partial charge < -0.3 is 15.8 Å². The van der Waals surface area contributed by atoms with Crippen LogP contribution in [0.1, 0.15) is 39.7 Å². The molecule has 0 spiro atoms. The summed E-state index contributed by atoms with van der Waals surface area (Å²) in [6.45, 7) is 9.62. The van der Waals surface area contributed by atoms with Crippen LogP contribution in [0.4, 0.5) is 11.4 Å². The first-order valence-electron chi connectivity index (χ1n) is 6.60. The summed E-state index contributed by atoms with van der Waals surface area (Å²) in [5.41, 5.74) is 7.78. The van der Waals surface area contributed by atoms with E-state index in [9.17, 15) is 4.79 Å². The fraction of sp³-hybridized carbons (Fsp3) is 0.533. The lowest BCUT2D eigenvalue weighted by Crippen LogP contribution is -2.36. The van der Waals surface area contributed by atoms with Gasteiger partial charge in [0.05, 0.1) is 5.60 Å². The normalized spacial score (nSPS) is 13.1. The Labute approximate surface area is 115 Å². The van der Waals surface area contributed by atoms with Crippen molar-refractivity contribution >= 4 is 17.3 Å². The van der Waals surface area contributed by atoms with Crippen LogP contribution in [0.3, 0.4) is 0 Å². The van der Waals surface area contributed by atoms with Gasteiger partial charge in [-0.25, -0.2) is 0 Å². The van der Waals surface area contributed by atoms with Crippen LogP contribution in [0.25, 0.3) is 0 Å². The fourth-order valence-corrected chi connectivity index (χ4v) is 1.64. The van der Waals surface area contributed by atoms with Crippen molar-refractivity contribution in [2.24, 2.45) is 0 Å². The highest BCUT2D eigenvalue weighted by molar-refractivity contribution is 5.95. The topological polar surface area (TPSA) is 64.3 Å². The maximum absolute atomic E-state index is 12.1. The van der Waals surface area contributed by atoms with E-state index < -0.39 is 6.10 Å². The van der Waals surface area contributed by atoms with E-state index in [0.717, 1.165) is 17.7 Å². The Morgan fingerprint density at radius 3 is 2.68 bits per heavy atom. The summed E-state index contributed by atoms with van der Waals surface area (Å²) >= 11 is 0. The minimum atomic E-state index is -0.504. The molecule has 1 aromatic carbocycles. The molecule has 0 heterocycles. The molecule has 1 atom stereocenters. The summed E-state index contributed by atoms with van der Waals surface area (Å²) in [6, 6.07) is 5.46. The number of nitrogen functional groups attached to an aromatic ring is 1. The first-order valence-corrected chi connectivity index (χ1v) is 6.60. The molecule has 0 saturated heterocycles. The molecule has 0 aliphatic heterocycles. The van der Waals surface area contributed by atoms with Crippen LogP contribution in [0.2, 0.25) is 0 Å². The van der Waals surface area contributed by atoms with Crippen LogP contribution in [-0.2, 0) is 9.53 Å². The summed E-state index contributed by atoms with van der Waals surface area (Å²) in [7, 11) is 0. The van der Waals surface area contributed by atoms with Crippen molar-refractivity contribution in [3.63, 3.8) is 0 Å². The van der Waals surface area contributed by atoms with E-state index in [1.54, 1.807) is 6.92 Å². The molecule has 0 bridgehead atoms. The molecule has 0 aliphatic rings. The Balaban J connectivity index is 2.72. The Kier molecular flexibility index (Phi) is 4.95. The van der Waals surface area contributed by atoms with Gasteiger partial charge in [0, 0.05) is 11.4 Å². The van der Waals surface area contributed by atoms with E-state index in [1.165, 1.54) is 0 Å². The van der Waals surface area contributed by atoms with Crippen LogP contribution in [0, 0.1) is 6.92 Å². The van der Waals surface area contributed by atoms with Crippen LogP contribution < -0.4 is 11.1 Å². The number of amides is 1. The summed E-state index contributed by atoms with van der Waals surface area (Å²) in [5, 5.41) is 2.85. The van der Waals surface area contributed by atoms with Gasteiger partial charge in [0.1, 0.15) is 6.10 Å². The molecule has 0 aliphatic carbocycles. The molecule has 106 valence electrons. The highest BCUT2D eigenvalue weighted by Crippen LogP contribution is 2.22. The molecule has 1 unspecified atom stereocenters. The van der Waals surface area contributed by atoms with Gasteiger partial charge in [0.2, 0.25) is 0 Å². The van der Waals surface area contributed by atoms with Crippen LogP contribution in [0.5, 0.6) is 0 Å². The molecule has 19 heavy (non-hydrogen) atoms. The van der Waals surface area contributed by atoms with E-state index >= 15 is 0 Å². The minimum absolute atomic E-state index is 0.157. The third-order valence-electron chi connectivity index (χ3n) is 3.35. The lowest BCUT2D eigenvalue weighted by atomic mass is 10.1. The lowest BCUT2D eigenvalue weighted by Gasteiger charge is -2.27. The van der Waals surface area contributed by atoms with Crippen molar-refractivity contribution in [2.45, 2.75) is 52.7 Å². The Hall–Kier alpha value is -1.55. The van der Waals surface area contributed by atoms with Crippen molar-refractivity contribution in [3.8, 4) is 0 Å².